The van der Waals surface area contributed by atoms with Crippen LogP contribution in [0.1, 0.15) is 5.56 Å². The Labute approximate surface area is 122 Å². The molecule has 0 saturated heterocycles. The van der Waals surface area contributed by atoms with E-state index in [9.17, 15) is 8.42 Å². The number of nitrogens with zero attached hydrogens (tertiary/aromatic N) is 1. The lowest BCUT2D eigenvalue weighted by atomic mass is 10.2. The molecule has 0 aliphatic heterocycles. The van der Waals surface area contributed by atoms with Crippen LogP contribution in [-0.4, -0.2) is 18.4 Å². The maximum Gasteiger partial charge on any atom is 0.264 e. The summed E-state index contributed by atoms with van der Waals surface area (Å²) in [6, 6.07) is 13.9. The van der Waals surface area contributed by atoms with Crippen LogP contribution in [0.15, 0.2) is 53.4 Å². The van der Waals surface area contributed by atoms with Crippen molar-refractivity contribution in [3.63, 3.8) is 0 Å². The van der Waals surface area contributed by atoms with E-state index in [-0.39, 0.29) is 17.4 Å². The van der Waals surface area contributed by atoms with E-state index < -0.39 is 10.0 Å². The summed E-state index contributed by atoms with van der Waals surface area (Å²) in [6.45, 7) is 0.150. The first-order valence-corrected chi connectivity index (χ1v) is 7.84. The molecule has 0 spiro atoms. The molecule has 2 aromatic carbocycles. The highest BCUT2D eigenvalue weighted by Gasteiger charge is 2.19. The standard InChI is InChI=1S/C14H14N4O2S/c15-9-10-5-1-4-8-13(10)21(19,20)18-14-16-11-6-2-3-7-12(11)17-14/h1-8H,9,15H2,(H2,16,17,18). The van der Waals surface area contributed by atoms with E-state index in [1.807, 2.05) is 18.2 Å². The Hall–Kier alpha value is -2.38. The van der Waals surface area contributed by atoms with Gasteiger partial charge in [0, 0.05) is 6.54 Å². The molecule has 0 fully saturated rings. The van der Waals surface area contributed by atoms with E-state index in [0.717, 1.165) is 5.52 Å². The van der Waals surface area contributed by atoms with Crippen molar-refractivity contribution in [2.75, 3.05) is 4.72 Å². The number of sulfonamides is 1. The molecule has 3 aromatic rings. The Bertz CT molecular complexity index is 854. The van der Waals surface area contributed by atoms with Gasteiger partial charge in [0.25, 0.3) is 10.0 Å². The van der Waals surface area contributed by atoms with Gasteiger partial charge in [-0.05, 0) is 23.8 Å². The Balaban J connectivity index is 1.99. The molecule has 108 valence electrons. The molecule has 0 unspecified atom stereocenters. The second kappa shape index (κ2) is 5.19. The number of benzene rings is 2. The van der Waals surface area contributed by atoms with E-state index in [0.29, 0.717) is 11.1 Å². The number of nitrogens with two attached hydrogens (primary N) is 1. The summed E-state index contributed by atoms with van der Waals surface area (Å²) in [5.41, 5.74) is 7.61. The molecular formula is C14H14N4O2S. The number of hydrogen-bond donors (Lipinski definition) is 3. The third-order valence-electron chi connectivity index (χ3n) is 3.10. The minimum absolute atomic E-state index is 0.150. The van der Waals surface area contributed by atoms with Crippen molar-refractivity contribution in [1.82, 2.24) is 9.97 Å². The first-order chi connectivity index (χ1) is 10.1. The maximum atomic E-state index is 12.4. The van der Waals surface area contributed by atoms with E-state index in [1.165, 1.54) is 6.07 Å². The summed E-state index contributed by atoms with van der Waals surface area (Å²) in [4.78, 5) is 7.29. The van der Waals surface area contributed by atoms with Crippen molar-refractivity contribution in [2.24, 2.45) is 5.73 Å². The number of H-pyrrole nitrogens is 1. The molecule has 0 bridgehead atoms. The molecule has 0 aliphatic rings. The molecule has 21 heavy (non-hydrogen) atoms. The molecule has 0 atom stereocenters. The molecule has 0 radical (unpaired) electrons. The summed E-state index contributed by atoms with van der Waals surface area (Å²) in [6.07, 6.45) is 0. The summed E-state index contributed by atoms with van der Waals surface area (Å²) >= 11 is 0. The quantitative estimate of drug-likeness (QED) is 0.684. The number of anilines is 1. The fourth-order valence-corrected chi connectivity index (χ4v) is 3.33. The van der Waals surface area contributed by atoms with Crippen molar-refractivity contribution in [3.8, 4) is 0 Å². The van der Waals surface area contributed by atoms with Gasteiger partial charge in [-0.3, -0.25) is 0 Å². The van der Waals surface area contributed by atoms with Gasteiger partial charge < -0.3 is 10.7 Å². The number of nitrogens with one attached hydrogen (secondary N) is 2. The Morgan fingerprint density at radius 2 is 1.81 bits per heavy atom. The van der Waals surface area contributed by atoms with Crippen LogP contribution < -0.4 is 10.5 Å². The van der Waals surface area contributed by atoms with Gasteiger partial charge >= 0.3 is 0 Å². The minimum Gasteiger partial charge on any atom is -0.326 e. The van der Waals surface area contributed by atoms with Gasteiger partial charge in [0.15, 0.2) is 0 Å². The molecule has 7 heteroatoms. The number of hydrogen-bond acceptors (Lipinski definition) is 4. The highest BCUT2D eigenvalue weighted by molar-refractivity contribution is 7.92. The smallest absolute Gasteiger partial charge is 0.264 e. The lowest BCUT2D eigenvalue weighted by Crippen LogP contribution is -2.17. The zero-order valence-electron chi connectivity index (χ0n) is 11.1. The molecule has 6 nitrogen and oxygen atoms in total. The van der Waals surface area contributed by atoms with Crippen LogP contribution in [0, 0.1) is 0 Å². The third-order valence-corrected chi connectivity index (χ3v) is 4.54. The van der Waals surface area contributed by atoms with Gasteiger partial charge in [0.2, 0.25) is 5.95 Å². The van der Waals surface area contributed by atoms with Crippen LogP contribution in [0.5, 0.6) is 0 Å². The van der Waals surface area contributed by atoms with Crippen LogP contribution in [-0.2, 0) is 16.6 Å². The van der Waals surface area contributed by atoms with Crippen molar-refractivity contribution in [1.29, 1.82) is 0 Å². The predicted octanol–water partition coefficient (Wildman–Crippen LogP) is 1.82. The van der Waals surface area contributed by atoms with Crippen LogP contribution in [0.2, 0.25) is 0 Å². The molecule has 0 saturated carbocycles. The lowest BCUT2D eigenvalue weighted by molar-refractivity contribution is 0.599. The van der Waals surface area contributed by atoms with E-state index in [2.05, 4.69) is 14.7 Å². The Morgan fingerprint density at radius 3 is 2.57 bits per heavy atom. The number of fused-ring (bicyclic) bond motifs is 1. The van der Waals surface area contributed by atoms with E-state index in [4.69, 9.17) is 5.73 Å². The Morgan fingerprint density at radius 1 is 1.10 bits per heavy atom. The van der Waals surface area contributed by atoms with Gasteiger partial charge in [-0.1, -0.05) is 30.3 Å². The average Bonchev–Trinajstić information content (AvgIpc) is 2.88. The fraction of sp³-hybridized carbons (Fsp3) is 0.0714. The molecule has 0 aliphatic carbocycles. The average molecular weight is 302 g/mol. The molecule has 3 rings (SSSR count). The number of aromatic nitrogens is 2. The highest BCUT2D eigenvalue weighted by Crippen LogP contribution is 2.20. The number of aromatic amines is 1. The summed E-state index contributed by atoms with van der Waals surface area (Å²) < 4.78 is 27.3. The Kier molecular flexibility index (Phi) is 3.36. The van der Waals surface area contributed by atoms with Crippen LogP contribution in [0.25, 0.3) is 11.0 Å². The van der Waals surface area contributed by atoms with Crippen LogP contribution >= 0.6 is 0 Å². The minimum atomic E-state index is -3.73. The summed E-state index contributed by atoms with van der Waals surface area (Å²) in [5, 5.41) is 0. The van der Waals surface area contributed by atoms with E-state index in [1.54, 1.807) is 24.3 Å². The molecule has 1 aromatic heterocycles. The number of imidazole rings is 1. The number of para-hydroxylation sites is 2. The van der Waals surface area contributed by atoms with Crippen molar-refractivity contribution in [2.45, 2.75) is 11.4 Å². The molecular weight excluding hydrogens is 288 g/mol. The van der Waals surface area contributed by atoms with Crippen LogP contribution in [0.4, 0.5) is 5.95 Å². The van der Waals surface area contributed by atoms with Crippen molar-refractivity contribution >= 4 is 27.0 Å². The first kappa shape index (κ1) is 13.6. The molecule has 4 N–H and O–H groups in total. The highest BCUT2D eigenvalue weighted by atomic mass is 32.2. The van der Waals surface area contributed by atoms with Crippen molar-refractivity contribution in [3.05, 3.63) is 54.1 Å². The third kappa shape index (κ3) is 2.61. The zero-order valence-corrected chi connectivity index (χ0v) is 11.9. The summed E-state index contributed by atoms with van der Waals surface area (Å²) in [5.74, 6) is 0.183. The van der Waals surface area contributed by atoms with Gasteiger partial charge in [0.1, 0.15) is 0 Å². The van der Waals surface area contributed by atoms with E-state index >= 15 is 0 Å². The second-order valence-electron chi connectivity index (χ2n) is 4.52. The van der Waals surface area contributed by atoms with Crippen molar-refractivity contribution < 1.29 is 8.42 Å². The summed E-state index contributed by atoms with van der Waals surface area (Å²) in [7, 11) is -3.73. The molecule has 0 amide bonds. The van der Waals surface area contributed by atoms with Crippen LogP contribution in [0.3, 0.4) is 0 Å². The first-order valence-electron chi connectivity index (χ1n) is 6.36. The lowest BCUT2D eigenvalue weighted by Gasteiger charge is -2.09. The fourth-order valence-electron chi connectivity index (χ4n) is 2.12. The largest absolute Gasteiger partial charge is 0.326 e. The SMILES string of the molecule is NCc1ccccc1S(=O)(=O)Nc1nc2ccccc2[nH]1. The topological polar surface area (TPSA) is 101 Å². The predicted molar refractivity (Wildman–Crippen MR) is 81.2 cm³/mol. The van der Waals surface area contributed by atoms with Gasteiger partial charge in [-0.25, -0.2) is 18.1 Å². The zero-order chi connectivity index (χ0) is 14.9. The molecule has 1 heterocycles. The normalized spacial score (nSPS) is 11.7. The number of rotatable bonds is 4. The van der Waals surface area contributed by atoms with Gasteiger partial charge in [0.05, 0.1) is 15.9 Å². The van der Waals surface area contributed by atoms with Gasteiger partial charge in [-0.15, -0.1) is 0 Å². The maximum absolute atomic E-state index is 12.4. The monoisotopic (exact) mass is 302 g/mol. The van der Waals surface area contributed by atoms with Gasteiger partial charge in [-0.2, -0.15) is 0 Å². The second-order valence-corrected chi connectivity index (χ2v) is 6.17.